The molecule has 1 aliphatic heterocycles. The first-order chi connectivity index (χ1) is 5.65. The number of carbonyl (C=O) groups is 1. The van der Waals surface area contributed by atoms with Crippen LogP contribution in [0.5, 0.6) is 0 Å². The number of hydrogen-bond acceptors (Lipinski definition) is 5. The van der Waals surface area contributed by atoms with Gasteiger partial charge in [0.2, 0.25) is 0 Å². The molecule has 0 bridgehead atoms. The molecule has 0 aromatic rings. The Bertz CT molecular complexity index is 228. The lowest BCUT2D eigenvalue weighted by molar-refractivity contribution is -0.469. The van der Waals surface area contributed by atoms with Crippen molar-refractivity contribution in [2.75, 3.05) is 0 Å². The van der Waals surface area contributed by atoms with Crippen molar-refractivity contribution < 1.29 is 24.7 Å². The van der Waals surface area contributed by atoms with E-state index in [2.05, 4.69) is 9.78 Å². The molecule has 2 fully saturated rings. The summed E-state index contributed by atoms with van der Waals surface area (Å²) in [6, 6.07) is 0. The van der Waals surface area contributed by atoms with Crippen LogP contribution in [0.25, 0.3) is 0 Å². The minimum absolute atomic E-state index is 0.464. The summed E-state index contributed by atoms with van der Waals surface area (Å²) in [5.74, 6) is -1.72. The standard InChI is InChI=1S/C7H10O5/c1-6-3-2-4-7(6,11-9)12-10-5(6)8/h9H,2-4H2,1H3/t6-,7-/m1/s1. The summed E-state index contributed by atoms with van der Waals surface area (Å²) in [6.45, 7) is 1.67. The van der Waals surface area contributed by atoms with Gasteiger partial charge in [0.1, 0.15) is 5.41 Å². The minimum Gasteiger partial charge on any atom is -0.294 e. The predicted molar refractivity (Wildman–Crippen MR) is 35.6 cm³/mol. The minimum atomic E-state index is -1.26. The average molecular weight is 174 g/mol. The van der Waals surface area contributed by atoms with Gasteiger partial charge in [-0.05, 0) is 19.8 Å². The second kappa shape index (κ2) is 2.18. The molecule has 5 heteroatoms. The van der Waals surface area contributed by atoms with E-state index in [9.17, 15) is 4.79 Å². The van der Waals surface area contributed by atoms with Gasteiger partial charge in [0, 0.05) is 6.42 Å². The summed E-state index contributed by atoms with van der Waals surface area (Å²) < 4.78 is 0. The van der Waals surface area contributed by atoms with Crippen molar-refractivity contribution in [3.8, 4) is 0 Å². The van der Waals surface area contributed by atoms with Gasteiger partial charge in [-0.25, -0.2) is 10.1 Å². The molecule has 0 aromatic heterocycles. The molecule has 1 saturated carbocycles. The highest BCUT2D eigenvalue weighted by Crippen LogP contribution is 2.53. The molecule has 1 aliphatic carbocycles. The quantitative estimate of drug-likeness (QED) is 0.471. The van der Waals surface area contributed by atoms with Crippen molar-refractivity contribution in [3.63, 3.8) is 0 Å². The number of fused-ring (bicyclic) bond motifs is 1. The van der Waals surface area contributed by atoms with Crippen molar-refractivity contribution in [3.05, 3.63) is 0 Å². The van der Waals surface area contributed by atoms with Gasteiger partial charge in [-0.1, -0.05) is 0 Å². The summed E-state index contributed by atoms with van der Waals surface area (Å²) >= 11 is 0. The van der Waals surface area contributed by atoms with E-state index < -0.39 is 17.2 Å². The maximum atomic E-state index is 11.2. The molecule has 68 valence electrons. The zero-order valence-corrected chi connectivity index (χ0v) is 6.70. The summed E-state index contributed by atoms with van der Waals surface area (Å²) in [5.41, 5.74) is -0.845. The first-order valence-electron chi connectivity index (χ1n) is 3.87. The Morgan fingerprint density at radius 1 is 1.58 bits per heavy atom. The average Bonchev–Trinajstić information content (AvgIpc) is 2.50. The summed E-state index contributed by atoms with van der Waals surface area (Å²) in [7, 11) is 0. The molecular formula is C7H10O5. The number of hydrogen-bond donors (Lipinski definition) is 1. The van der Waals surface area contributed by atoms with E-state index >= 15 is 0 Å². The van der Waals surface area contributed by atoms with Crippen LogP contribution in [-0.2, 0) is 19.5 Å². The highest BCUT2D eigenvalue weighted by Gasteiger charge is 2.67. The van der Waals surface area contributed by atoms with Crippen molar-refractivity contribution in [1.82, 2.24) is 0 Å². The van der Waals surface area contributed by atoms with Gasteiger partial charge in [-0.15, -0.1) is 4.89 Å². The monoisotopic (exact) mass is 174 g/mol. The van der Waals surface area contributed by atoms with E-state index in [1.807, 2.05) is 0 Å². The van der Waals surface area contributed by atoms with Crippen molar-refractivity contribution >= 4 is 5.97 Å². The van der Waals surface area contributed by atoms with E-state index in [-0.39, 0.29) is 0 Å². The smallest absolute Gasteiger partial charge is 0.294 e. The fraction of sp³-hybridized carbons (Fsp3) is 0.857. The summed E-state index contributed by atoms with van der Waals surface area (Å²) in [6.07, 6.45) is 1.88. The van der Waals surface area contributed by atoms with Gasteiger partial charge in [0.15, 0.2) is 0 Å². The van der Waals surface area contributed by atoms with E-state index in [1.54, 1.807) is 6.92 Å². The molecule has 0 aromatic carbocycles. The number of rotatable bonds is 1. The van der Waals surface area contributed by atoms with Gasteiger partial charge in [-0.3, -0.25) is 4.89 Å². The van der Waals surface area contributed by atoms with Crippen molar-refractivity contribution in [1.29, 1.82) is 0 Å². The zero-order valence-electron chi connectivity index (χ0n) is 6.70. The van der Waals surface area contributed by atoms with Gasteiger partial charge in [0.25, 0.3) is 5.79 Å². The van der Waals surface area contributed by atoms with Crippen LogP contribution in [0.15, 0.2) is 0 Å². The van der Waals surface area contributed by atoms with E-state index in [4.69, 9.17) is 10.1 Å². The predicted octanol–water partition coefficient (Wildman–Crippen LogP) is 0.851. The lowest BCUT2D eigenvalue weighted by atomic mass is 9.84. The lowest BCUT2D eigenvalue weighted by Crippen LogP contribution is -2.43. The van der Waals surface area contributed by atoms with Crippen LogP contribution in [0.3, 0.4) is 0 Å². The molecule has 2 atom stereocenters. The molecule has 0 radical (unpaired) electrons. The van der Waals surface area contributed by atoms with Crippen LogP contribution in [0.4, 0.5) is 0 Å². The summed E-state index contributed by atoms with van der Waals surface area (Å²) in [5, 5.41) is 8.65. The molecule has 1 heterocycles. The Morgan fingerprint density at radius 3 is 2.92 bits per heavy atom. The first kappa shape index (κ1) is 7.97. The third-order valence-corrected chi connectivity index (χ3v) is 2.87. The van der Waals surface area contributed by atoms with Gasteiger partial charge >= 0.3 is 5.97 Å². The highest BCUT2D eigenvalue weighted by atomic mass is 17.3. The normalized spacial score (nSPS) is 46.0. The molecule has 2 rings (SSSR count). The van der Waals surface area contributed by atoms with E-state index in [0.29, 0.717) is 12.8 Å². The Hall–Kier alpha value is -0.650. The molecular weight excluding hydrogens is 164 g/mol. The topological polar surface area (TPSA) is 65.0 Å². The Morgan fingerprint density at radius 2 is 2.33 bits per heavy atom. The van der Waals surface area contributed by atoms with Crippen LogP contribution in [0.2, 0.25) is 0 Å². The van der Waals surface area contributed by atoms with Crippen LogP contribution < -0.4 is 0 Å². The Labute approximate surface area is 69.1 Å². The van der Waals surface area contributed by atoms with Crippen LogP contribution in [0.1, 0.15) is 26.2 Å². The van der Waals surface area contributed by atoms with E-state index in [0.717, 1.165) is 6.42 Å². The molecule has 2 aliphatic rings. The molecule has 12 heavy (non-hydrogen) atoms. The summed E-state index contributed by atoms with van der Waals surface area (Å²) in [4.78, 5) is 24.5. The third kappa shape index (κ3) is 0.663. The molecule has 1 saturated heterocycles. The van der Waals surface area contributed by atoms with Gasteiger partial charge in [-0.2, -0.15) is 4.89 Å². The SMILES string of the molecule is C[C@]12CCC[C@@]1(OO)OOC2=O. The lowest BCUT2D eigenvalue weighted by Gasteiger charge is -2.25. The number of carbonyl (C=O) groups excluding carboxylic acids is 1. The second-order valence-corrected chi connectivity index (χ2v) is 3.48. The first-order valence-corrected chi connectivity index (χ1v) is 3.87. The van der Waals surface area contributed by atoms with E-state index in [1.165, 1.54) is 0 Å². The molecule has 1 N–H and O–H groups in total. The van der Waals surface area contributed by atoms with Crippen LogP contribution in [-0.4, -0.2) is 17.0 Å². The maximum absolute atomic E-state index is 11.2. The van der Waals surface area contributed by atoms with Crippen molar-refractivity contribution in [2.24, 2.45) is 5.41 Å². The molecule has 5 nitrogen and oxygen atoms in total. The van der Waals surface area contributed by atoms with Crippen LogP contribution in [0, 0.1) is 5.41 Å². The molecule has 0 spiro atoms. The Kier molecular flexibility index (Phi) is 1.45. The van der Waals surface area contributed by atoms with Crippen molar-refractivity contribution in [2.45, 2.75) is 32.0 Å². The molecule has 0 unspecified atom stereocenters. The third-order valence-electron chi connectivity index (χ3n) is 2.87. The Balaban J connectivity index is 2.39. The fourth-order valence-electron chi connectivity index (χ4n) is 1.89. The highest BCUT2D eigenvalue weighted by molar-refractivity contribution is 5.79. The maximum Gasteiger partial charge on any atom is 0.354 e. The largest absolute Gasteiger partial charge is 0.354 e. The van der Waals surface area contributed by atoms with Crippen LogP contribution >= 0.6 is 0 Å². The van der Waals surface area contributed by atoms with Gasteiger partial charge < -0.3 is 0 Å². The molecule has 0 amide bonds. The second-order valence-electron chi connectivity index (χ2n) is 3.48. The fourth-order valence-corrected chi connectivity index (χ4v) is 1.89. The van der Waals surface area contributed by atoms with Gasteiger partial charge in [0.05, 0.1) is 0 Å². The zero-order chi connectivity index (χ0) is 8.82.